The molecule has 0 radical (unpaired) electrons. The smallest absolute Gasteiger partial charge is 0.255 e. The predicted octanol–water partition coefficient (Wildman–Crippen LogP) is 2.57. The van der Waals surface area contributed by atoms with Gasteiger partial charge in [-0.05, 0) is 42.7 Å². The number of anilines is 2. The minimum Gasteiger partial charge on any atom is -0.322 e. The largest absolute Gasteiger partial charge is 0.322 e. The van der Waals surface area contributed by atoms with Gasteiger partial charge in [-0.15, -0.1) is 0 Å². The second kappa shape index (κ2) is 5.70. The third kappa shape index (κ3) is 3.07. The van der Waals surface area contributed by atoms with Crippen molar-refractivity contribution in [3.8, 4) is 0 Å². The van der Waals surface area contributed by atoms with Crippen molar-refractivity contribution in [2.24, 2.45) is 0 Å². The van der Waals surface area contributed by atoms with E-state index in [9.17, 15) is 13.2 Å². The topological polar surface area (TPSA) is 66.5 Å². The van der Waals surface area contributed by atoms with Crippen LogP contribution in [0.4, 0.5) is 11.4 Å². The number of fused-ring (bicyclic) bond motifs is 1. The van der Waals surface area contributed by atoms with E-state index in [0.717, 1.165) is 16.8 Å². The van der Waals surface area contributed by atoms with Crippen LogP contribution >= 0.6 is 0 Å². The second-order valence-electron chi connectivity index (χ2n) is 5.70. The van der Waals surface area contributed by atoms with Crippen molar-refractivity contribution in [1.29, 1.82) is 0 Å². The molecule has 0 aromatic heterocycles. The zero-order valence-electron chi connectivity index (χ0n) is 13.0. The standard InChI is InChI=1S/C17H18N2O3S/c1-12-5-3-4-6-15(12)18-17(20)14-8-7-13-9-10-19(16(13)11-14)23(2,21)22/h3-8,11H,9-10H2,1-2H3,(H,18,20). The fourth-order valence-corrected chi connectivity index (χ4v) is 3.69. The lowest BCUT2D eigenvalue weighted by molar-refractivity contribution is 0.102. The van der Waals surface area contributed by atoms with E-state index in [4.69, 9.17) is 0 Å². The number of rotatable bonds is 3. The molecule has 0 aliphatic carbocycles. The molecule has 1 N–H and O–H groups in total. The molecule has 0 spiro atoms. The van der Waals surface area contributed by atoms with Gasteiger partial charge in [0.05, 0.1) is 11.9 Å². The maximum atomic E-state index is 12.4. The van der Waals surface area contributed by atoms with Gasteiger partial charge in [0.15, 0.2) is 0 Å². The van der Waals surface area contributed by atoms with E-state index in [1.165, 1.54) is 10.6 Å². The average molecular weight is 330 g/mol. The van der Waals surface area contributed by atoms with E-state index in [1.54, 1.807) is 12.1 Å². The SMILES string of the molecule is Cc1ccccc1NC(=O)c1ccc2c(c1)N(S(C)(=O)=O)CC2. The summed E-state index contributed by atoms with van der Waals surface area (Å²) in [6.07, 6.45) is 1.85. The Morgan fingerprint density at radius 2 is 1.91 bits per heavy atom. The molecule has 0 bridgehead atoms. The summed E-state index contributed by atoms with van der Waals surface area (Å²) in [5.74, 6) is -0.248. The predicted molar refractivity (Wildman–Crippen MR) is 91.5 cm³/mol. The number of nitrogens with one attached hydrogen (secondary N) is 1. The number of sulfonamides is 1. The number of benzene rings is 2. The Balaban J connectivity index is 1.90. The van der Waals surface area contributed by atoms with Crippen LogP contribution in [-0.4, -0.2) is 27.1 Å². The first-order chi connectivity index (χ1) is 10.9. The number of nitrogens with zero attached hydrogens (tertiary/aromatic N) is 1. The van der Waals surface area contributed by atoms with Crippen molar-refractivity contribution in [2.45, 2.75) is 13.3 Å². The number of para-hydroxylation sites is 1. The van der Waals surface area contributed by atoms with Crippen LogP contribution in [0.1, 0.15) is 21.5 Å². The van der Waals surface area contributed by atoms with Gasteiger partial charge in [0.25, 0.3) is 5.91 Å². The van der Waals surface area contributed by atoms with E-state index in [0.29, 0.717) is 24.2 Å². The van der Waals surface area contributed by atoms with Crippen molar-refractivity contribution in [1.82, 2.24) is 0 Å². The average Bonchev–Trinajstić information content (AvgIpc) is 2.92. The minimum absolute atomic E-state index is 0.248. The van der Waals surface area contributed by atoms with Gasteiger partial charge < -0.3 is 5.32 Å². The monoisotopic (exact) mass is 330 g/mol. The third-order valence-corrected chi connectivity index (χ3v) is 5.17. The van der Waals surface area contributed by atoms with Crippen LogP contribution in [0.2, 0.25) is 0 Å². The van der Waals surface area contributed by atoms with Crippen molar-refractivity contribution in [2.75, 3.05) is 22.4 Å². The molecule has 120 valence electrons. The van der Waals surface area contributed by atoms with Crippen molar-refractivity contribution >= 4 is 27.3 Å². The van der Waals surface area contributed by atoms with Gasteiger partial charge >= 0.3 is 0 Å². The first-order valence-corrected chi connectivity index (χ1v) is 9.19. The number of hydrogen-bond acceptors (Lipinski definition) is 3. The highest BCUT2D eigenvalue weighted by atomic mass is 32.2. The molecule has 1 amide bonds. The quantitative estimate of drug-likeness (QED) is 0.940. The zero-order valence-corrected chi connectivity index (χ0v) is 13.9. The number of amides is 1. The fraction of sp³-hybridized carbons (Fsp3) is 0.235. The van der Waals surface area contributed by atoms with Gasteiger partial charge in [-0.2, -0.15) is 0 Å². The highest BCUT2D eigenvalue weighted by molar-refractivity contribution is 7.92. The second-order valence-corrected chi connectivity index (χ2v) is 7.60. The molecule has 1 heterocycles. The van der Waals surface area contributed by atoms with Gasteiger partial charge in [0, 0.05) is 17.8 Å². The molecule has 2 aromatic rings. The Kier molecular flexibility index (Phi) is 3.85. The summed E-state index contributed by atoms with van der Waals surface area (Å²) in [5.41, 5.74) is 3.72. The van der Waals surface area contributed by atoms with Gasteiger partial charge in [-0.1, -0.05) is 24.3 Å². The Hall–Kier alpha value is -2.34. The highest BCUT2D eigenvalue weighted by Crippen LogP contribution is 2.31. The molecule has 0 unspecified atom stereocenters. The Bertz CT molecular complexity index is 875. The van der Waals surface area contributed by atoms with Gasteiger partial charge in [0.1, 0.15) is 0 Å². The van der Waals surface area contributed by atoms with Gasteiger partial charge in [-0.3, -0.25) is 9.10 Å². The van der Waals surface area contributed by atoms with E-state index in [1.807, 2.05) is 37.3 Å². The summed E-state index contributed by atoms with van der Waals surface area (Å²) in [6.45, 7) is 2.35. The molecule has 5 nitrogen and oxygen atoms in total. The molecule has 0 saturated heterocycles. The third-order valence-electron chi connectivity index (χ3n) is 3.99. The number of carbonyl (C=O) groups excluding carboxylic acids is 1. The van der Waals surface area contributed by atoms with E-state index < -0.39 is 10.0 Å². The molecule has 6 heteroatoms. The van der Waals surface area contributed by atoms with Crippen LogP contribution in [-0.2, 0) is 16.4 Å². The van der Waals surface area contributed by atoms with E-state index in [-0.39, 0.29) is 5.91 Å². The first kappa shape index (κ1) is 15.6. The molecule has 1 aliphatic rings. The lowest BCUT2D eigenvalue weighted by Gasteiger charge is -2.17. The maximum Gasteiger partial charge on any atom is 0.255 e. The number of hydrogen-bond donors (Lipinski definition) is 1. The summed E-state index contributed by atoms with van der Waals surface area (Å²) in [6, 6.07) is 12.7. The van der Waals surface area contributed by atoms with Crippen LogP contribution in [0.3, 0.4) is 0 Å². The van der Waals surface area contributed by atoms with E-state index >= 15 is 0 Å². The lowest BCUT2D eigenvalue weighted by atomic mass is 10.1. The van der Waals surface area contributed by atoms with Crippen LogP contribution in [0.5, 0.6) is 0 Å². The molecule has 0 atom stereocenters. The zero-order chi connectivity index (χ0) is 16.6. The molecule has 0 fully saturated rings. The number of carbonyl (C=O) groups is 1. The fourth-order valence-electron chi connectivity index (χ4n) is 2.74. The lowest BCUT2D eigenvalue weighted by Crippen LogP contribution is -2.27. The highest BCUT2D eigenvalue weighted by Gasteiger charge is 2.27. The van der Waals surface area contributed by atoms with Crippen LogP contribution in [0, 0.1) is 6.92 Å². The maximum absolute atomic E-state index is 12.4. The molecule has 23 heavy (non-hydrogen) atoms. The van der Waals surface area contributed by atoms with Gasteiger partial charge in [0.2, 0.25) is 10.0 Å². The summed E-state index contributed by atoms with van der Waals surface area (Å²) in [5, 5.41) is 2.86. The molecule has 2 aromatic carbocycles. The first-order valence-electron chi connectivity index (χ1n) is 7.34. The molecular formula is C17H18N2O3S. The summed E-state index contributed by atoms with van der Waals surface area (Å²) in [7, 11) is -3.32. The van der Waals surface area contributed by atoms with Crippen molar-refractivity contribution in [3.63, 3.8) is 0 Å². The molecular weight excluding hydrogens is 312 g/mol. The minimum atomic E-state index is -3.32. The summed E-state index contributed by atoms with van der Waals surface area (Å²) in [4.78, 5) is 12.4. The normalized spacial score (nSPS) is 13.7. The van der Waals surface area contributed by atoms with Crippen molar-refractivity contribution in [3.05, 3.63) is 59.2 Å². The van der Waals surface area contributed by atoms with Crippen LogP contribution in [0.25, 0.3) is 0 Å². The van der Waals surface area contributed by atoms with E-state index in [2.05, 4.69) is 5.32 Å². The molecule has 0 saturated carbocycles. The Morgan fingerprint density at radius 3 is 2.61 bits per heavy atom. The van der Waals surface area contributed by atoms with Gasteiger partial charge in [-0.25, -0.2) is 8.42 Å². The molecule has 1 aliphatic heterocycles. The van der Waals surface area contributed by atoms with Crippen LogP contribution in [0.15, 0.2) is 42.5 Å². The number of aryl methyl sites for hydroxylation is 1. The van der Waals surface area contributed by atoms with Crippen molar-refractivity contribution < 1.29 is 13.2 Å². The Labute approximate surface area is 136 Å². The van der Waals surface area contributed by atoms with Crippen LogP contribution < -0.4 is 9.62 Å². The Morgan fingerprint density at radius 1 is 1.17 bits per heavy atom. The molecule has 3 rings (SSSR count). The summed E-state index contributed by atoms with van der Waals surface area (Å²) < 4.78 is 25.0. The summed E-state index contributed by atoms with van der Waals surface area (Å²) >= 11 is 0.